The highest BCUT2D eigenvalue weighted by Crippen LogP contribution is 2.30. The van der Waals surface area contributed by atoms with E-state index in [-0.39, 0.29) is 5.82 Å². The maximum atomic E-state index is 14.4. The fourth-order valence-electron chi connectivity index (χ4n) is 3.36. The van der Waals surface area contributed by atoms with Gasteiger partial charge in [-0.05, 0) is 65.5 Å². The highest BCUT2D eigenvalue weighted by Gasteiger charge is 2.17. The standard InChI is InChI=1S/C22H25F/c1-3-5-6-16-7-9-18(10-8-16)19-13-14-21-20(15-19)12-11-17(4-2)22(21)23/h7-13H,3-6,14-15H2,1-2H3. The first kappa shape index (κ1) is 16.0. The molecule has 0 heterocycles. The number of benzene rings is 2. The fraction of sp³-hybridized carbons (Fsp3) is 0.364. The molecule has 0 spiro atoms. The van der Waals surface area contributed by atoms with Crippen molar-refractivity contribution in [3.63, 3.8) is 0 Å². The van der Waals surface area contributed by atoms with Crippen molar-refractivity contribution in [2.75, 3.05) is 0 Å². The fourth-order valence-corrected chi connectivity index (χ4v) is 3.36. The number of halogens is 1. The van der Waals surface area contributed by atoms with E-state index in [1.54, 1.807) is 0 Å². The molecule has 2 aromatic rings. The first-order valence-electron chi connectivity index (χ1n) is 8.80. The third-order valence-corrected chi connectivity index (χ3v) is 4.88. The second kappa shape index (κ2) is 7.12. The van der Waals surface area contributed by atoms with Crippen LogP contribution in [0.1, 0.15) is 54.5 Å². The van der Waals surface area contributed by atoms with E-state index in [1.807, 2.05) is 13.0 Å². The first-order valence-corrected chi connectivity index (χ1v) is 8.80. The molecule has 0 N–H and O–H groups in total. The Labute approximate surface area is 139 Å². The van der Waals surface area contributed by atoms with Gasteiger partial charge in [0.25, 0.3) is 0 Å². The second-order valence-corrected chi connectivity index (χ2v) is 6.44. The molecule has 0 atom stereocenters. The van der Waals surface area contributed by atoms with Gasteiger partial charge in [-0.15, -0.1) is 0 Å². The lowest BCUT2D eigenvalue weighted by Gasteiger charge is -2.19. The van der Waals surface area contributed by atoms with Gasteiger partial charge >= 0.3 is 0 Å². The summed E-state index contributed by atoms with van der Waals surface area (Å²) in [5.74, 6) is 0.00946. The summed E-state index contributed by atoms with van der Waals surface area (Å²) in [6.07, 6.45) is 8.14. The average Bonchev–Trinajstić information content (AvgIpc) is 2.60. The van der Waals surface area contributed by atoms with Crippen molar-refractivity contribution in [2.45, 2.75) is 52.4 Å². The van der Waals surface area contributed by atoms with Crippen LogP contribution in [0.3, 0.4) is 0 Å². The largest absolute Gasteiger partial charge is 0.206 e. The zero-order valence-electron chi connectivity index (χ0n) is 14.2. The van der Waals surface area contributed by atoms with E-state index in [9.17, 15) is 4.39 Å². The predicted molar refractivity (Wildman–Crippen MR) is 96.2 cm³/mol. The molecule has 0 aliphatic heterocycles. The van der Waals surface area contributed by atoms with Crippen molar-refractivity contribution in [1.29, 1.82) is 0 Å². The number of rotatable bonds is 5. The Kier molecular flexibility index (Phi) is 4.95. The third kappa shape index (κ3) is 3.39. The normalized spacial score (nSPS) is 13.6. The van der Waals surface area contributed by atoms with Crippen LogP contribution in [0.2, 0.25) is 0 Å². The van der Waals surface area contributed by atoms with Gasteiger partial charge in [0.15, 0.2) is 0 Å². The zero-order valence-corrected chi connectivity index (χ0v) is 14.2. The molecule has 0 saturated heterocycles. The Bertz CT molecular complexity index is 707. The second-order valence-electron chi connectivity index (χ2n) is 6.44. The lowest BCUT2D eigenvalue weighted by atomic mass is 9.86. The van der Waals surface area contributed by atoms with Crippen LogP contribution in [0.25, 0.3) is 5.57 Å². The highest BCUT2D eigenvalue weighted by molar-refractivity contribution is 5.70. The number of allylic oxidation sites excluding steroid dienone is 2. The molecular weight excluding hydrogens is 283 g/mol. The molecule has 0 unspecified atom stereocenters. The van der Waals surface area contributed by atoms with Crippen LogP contribution in [-0.4, -0.2) is 0 Å². The summed E-state index contributed by atoms with van der Waals surface area (Å²) in [5, 5.41) is 0. The van der Waals surface area contributed by atoms with Gasteiger partial charge in [-0.2, -0.15) is 0 Å². The van der Waals surface area contributed by atoms with Crippen molar-refractivity contribution in [3.05, 3.63) is 76.1 Å². The topological polar surface area (TPSA) is 0 Å². The number of unbranched alkanes of at least 4 members (excludes halogenated alkanes) is 1. The van der Waals surface area contributed by atoms with Gasteiger partial charge < -0.3 is 0 Å². The van der Waals surface area contributed by atoms with E-state index in [4.69, 9.17) is 0 Å². The van der Waals surface area contributed by atoms with Gasteiger partial charge in [0.1, 0.15) is 5.82 Å². The van der Waals surface area contributed by atoms with Crippen LogP contribution in [0.4, 0.5) is 4.39 Å². The first-order chi connectivity index (χ1) is 11.2. The van der Waals surface area contributed by atoms with Gasteiger partial charge in [-0.25, -0.2) is 4.39 Å². The molecule has 0 amide bonds. The van der Waals surface area contributed by atoms with Gasteiger partial charge in [-0.3, -0.25) is 0 Å². The summed E-state index contributed by atoms with van der Waals surface area (Å²) in [5.41, 5.74) is 6.88. The summed E-state index contributed by atoms with van der Waals surface area (Å²) in [6, 6.07) is 13.0. The molecule has 1 aliphatic rings. The zero-order chi connectivity index (χ0) is 16.2. The molecule has 0 nitrogen and oxygen atoms in total. The number of aryl methyl sites for hydroxylation is 2. The maximum Gasteiger partial charge on any atom is 0.130 e. The molecule has 3 rings (SSSR count). The summed E-state index contributed by atoms with van der Waals surface area (Å²) >= 11 is 0. The molecular formula is C22H25F. The van der Waals surface area contributed by atoms with E-state index in [2.05, 4.69) is 43.3 Å². The molecule has 1 heteroatoms. The van der Waals surface area contributed by atoms with E-state index < -0.39 is 0 Å². The Morgan fingerprint density at radius 3 is 2.48 bits per heavy atom. The number of fused-ring (bicyclic) bond motifs is 1. The van der Waals surface area contributed by atoms with Crippen LogP contribution >= 0.6 is 0 Å². The van der Waals surface area contributed by atoms with Crippen molar-refractivity contribution < 1.29 is 4.39 Å². The van der Waals surface area contributed by atoms with Crippen LogP contribution in [0.5, 0.6) is 0 Å². The van der Waals surface area contributed by atoms with Crippen LogP contribution in [0, 0.1) is 5.82 Å². The molecule has 1 aliphatic carbocycles. The molecule has 0 saturated carbocycles. The summed E-state index contributed by atoms with van der Waals surface area (Å²) in [4.78, 5) is 0. The Morgan fingerprint density at radius 2 is 1.78 bits per heavy atom. The van der Waals surface area contributed by atoms with Gasteiger partial charge in [0, 0.05) is 0 Å². The lowest BCUT2D eigenvalue weighted by Crippen LogP contribution is -2.07. The highest BCUT2D eigenvalue weighted by atomic mass is 19.1. The maximum absolute atomic E-state index is 14.4. The van der Waals surface area contributed by atoms with Gasteiger partial charge in [0.2, 0.25) is 0 Å². The minimum absolute atomic E-state index is 0.00946. The van der Waals surface area contributed by atoms with Gasteiger partial charge in [-0.1, -0.05) is 62.7 Å². The minimum atomic E-state index is 0.00946. The molecule has 0 fully saturated rings. The quantitative estimate of drug-likeness (QED) is 0.644. The monoisotopic (exact) mass is 308 g/mol. The number of hydrogen-bond acceptors (Lipinski definition) is 0. The Balaban J connectivity index is 1.80. The smallest absolute Gasteiger partial charge is 0.130 e. The Hall–Kier alpha value is -1.89. The summed E-state index contributed by atoms with van der Waals surface area (Å²) < 4.78 is 14.4. The van der Waals surface area contributed by atoms with E-state index >= 15 is 0 Å². The molecule has 0 aromatic heterocycles. The van der Waals surface area contributed by atoms with Crippen molar-refractivity contribution in [2.24, 2.45) is 0 Å². The van der Waals surface area contributed by atoms with Crippen LogP contribution in [0.15, 0.2) is 42.5 Å². The SMILES string of the molecule is CCCCc1ccc(C2=CCc3c(ccc(CC)c3F)C2)cc1. The van der Waals surface area contributed by atoms with E-state index in [1.165, 1.54) is 29.5 Å². The van der Waals surface area contributed by atoms with Crippen LogP contribution < -0.4 is 0 Å². The molecule has 0 radical (unpaired) electrons. The van der Waals surface area contributed by atoms with Crippen LogP contribution in [-0.2, 0) is 25.7 Å². The molecule has 0 bridgehead atoms. The van der Waals surface area contributed by atoms with Crippen molar-refractivity contribution in [1.82, 2.24) is 0 Å². The van der Waals surface area contributed by atoms with Gasteiger partial charge in [0.05, 0.1) is 0 Å². The van der Waals surface area contributed by atoms with Crippen molar-refractivity contribution in [3.8, 4) is 0 Å². The molecule has 23 heavy (non-hydrogen) atoms. The van der Waals surface area contributed by atoms with E-state index in [0.29, 0.717) is 6.42 Å². The summed E-state index contributed by atoms with van der Waals surface area (Å²) in [6.45, 7) is 4.23. The average molecular weight is 308 g/mol. The predicted octanol–water partition coefficient (Wildman–Crippen LogP) is 5.91. The number of hydrogen-bond donors (Lipinski definition) is 0. The molecule has 120 valence electrons. The van der Waals surface area contributed by atoms with Crippen molar-refractivity contribution >= 4 is 5.57 Å². The Morgan fingerprint density at radius 1 is 1.00 bits per heavy atom. The minimum Gasteiger partial charge on any atom is -0.206 e. The third-order valence-electron chi connectivity index (χ3n) is 4.88. The summed E-state index contributed by atoms with van der Waals surface area (Å²) in [7, 11) is 0. The van der Waals surface area contributed by atoms with E-state index in [0.717, 1.165) is 36.0 Å². The lowest BCUT2D eigenvalue weighted by molar-refractivity contribution is 0.596. The molecule has 2 aromatic carbocycles.